The molecule has 0 radical (unpaired) electrons. The summed E-state index contributed by atoms with van der Waals surface area (Å²) in [4.78, 5) is 12.4. The molecule has 0 bridgehead atoms. The van der Waals surface area contributed by atoms with E-state index in [-0.39, 0.29) is 12.0 Å². The van der Waals surface area contributed by atoms with E-state index in [1.165, 1.54) is 0 Å². The number of carbonyl (C=O) groups excluding carboxylic acids is 1. The van der Waals surface area contributed by atoms with E-state index in [2.05, 4.69) is 0 Å². The van der Waals surface area contributed by atoms with Crippen molar-refractivity contribution >= 4 is 5.91 Å². The van der Waals surface area contributed by atoms with Crippen LogP contribution >= 0.6 is 0 Å². The molecule has 0 saturated carbocycles. The lowest BCUT2D eigenvalue weighted by molar-refractivity contribution is -0.174. The van der Waals surface area contributed by atoms with Crippen molar-refractivity contribution in [2.24, 2.45) is 5.41 Å². The fourth-order valence-corrected chi connectivity index (χ4v) is 1.33. The molecule has 6 heteroatoms. The van der Waals surface area contributed by atoms with E-state index >= 15 is 0 Å². The van der Waals surface area contributed by atoms with Gasteiger partial charge in [0.2, 0.25) is 0 Å². The topological polar surface area (TPSA) is 32.3 Å². The summed E-state index contributed by atoms with van der Waals surface area (Å²) in [5.74, 6) is -1.88. The van der Waals surface area contributed by atoms with Gasteiger partial charge < -0.3 is 10.2 Å². The van der Waals surface area contributed by atoms with Crippen molar-refractivity contribution in [3.63, 3.8) is 0 Å². The average molecular weight is 226 g/mol. The largest absolute Gasteiger partial charge is 0.471 e. The van der Waals surface area contributed by atoms with Crippen LogP contribution in [-0.2, 0) is 4.79 Å². The van der Waals surface area contributed by atoms with Gasteiger partial charge in [0.15, 0.2) is 0 Å². The summed E-state index contributed by atoms with van der Waals surface area (Å²) in [7, 11) is 3.65. The lowest BCUT2D eigenvalue weighted by Gasteiger charge is -2.28. The molecular formula is C9H17F3N2O. The van der Waals surface area contributed by atoms with Crippen LogP contribution in [0.4, 0.5) is 13.2 Å². The zero-order chi connectivity index (χ0) is 12.3. The summed E-state index contributed by atoms with van der Waals surface area (Å²) in [6, 6.07) is 0. The van der Waals surface area contributed by atoms with Crippen LogP contribution in [0.5, 0.6) is 0 Å². The Morgan fingerprint density at radius 1 is 1.27 bits per heavy atom. The first-order chi connectivity index (χ1) is 6.54. The molecule has 0 rings (SSSR count). The van der Waals surface area contributed by atoms with Crippen molar-refractivity contribution in [1.82, 2.24) is 10.2 Å². The molecule has 0 fully saturated rings. The van der Waals surface area contributed by atoms with Gasteiger partial charge in [-0.3, -0.25) is 4.79 Å². The van der Waals surface area contributed by atoms with Crippen molar-refractivity contribution in [3.8, 4) is 0 Å². The molecule has 0 aromatic carbocycles. The predicted molar refractivity (Wildman–Crippen MR) is 51.4 cm³/mol. The van der Waals surface area contributed by atoms with Gasteiger partial charge in [-0.15, -0.1) is 0 Å². The van der Waals surface area contributed by atoms with E-state index in [9.17, 15) is 18.0 Å². The smallest absolute Gasteiger partial charge is 0.348 e. The molecule has 3 nitrogen and oxygen atoms in total. The minimum absolute atomic E-state index is 0.00350. The summed E-state index contributed by atoms with van der Waals surface area (Å²) in [5.41, 5.74) is -0.385. The minimum Gasteiger partial charge on any atom is -0.348 e. The molecule has 0 atom stereocenters. The monoisotopic (exact) mass is 226 g/mol. The highest BCUT2D eigenvalue weighted by Crippen LogP contribution is 2.17. The lowest BCUT2D eigenvalue weighted by atomic mass is 9.93. The van der Waals surface area contributed by atoms with E-state index in [0.717, 1.165) is 0 Å². The maximum Gasteiger partial charge on any atom is 0.471 e. The van der Waals surface area contributed by atoms with Gasteiger partial charge in [0.25, 0.3) is 0 Å². The number of carbonyl (C=O) groups is 1. The number of hydrogen-bond acceptors (Lipinski definition) is 2. The molecule has 0 heterocycles. The molecule has 15 heavy (non-hydrogen) atoms. The number of halogens is 3. The quantitative estimate of drug-likeness (QED) is 0.782. The van der Waals surface area contributed by atoms with Gasteiger partial charge in [0.05, 0.1) is 0 Å². The fraction of sp³-hybridized carbons (Fsp3) is 0.889. The van der Waals surface area contributed by atoms with Gasteiger partial charge in [-0.25, -0.2) is 0 Å². The van der Waals surface area contributed by atoms with Crippen molar-refractivity contribution in [3.05, 3.63) is 0 Å². The molecule has 0 spiro atoms. The van der Waals surface area contributed by atoms with Crippen LogP contribution in [0.2, 0.25) is 0 Å². The van der Waals surface area contributed by atoms with E-state index < -0.39 is 12.1 Å². The van der Waals surface area contributed by atoms with Crippen LogP contribution in [0, 0.1) is 5.41 Å². The van der Waals surface area contributed by atoms with Crippen LogP contribution in [0.1, 0.15) is 13.8 Å². The average Bonchev–Trinajstić information content (AvgIpc) is 1.95. The van der Waals surface area contributed by atoms with Gasteiger partial charge in [-0.1, -0.05) is 13.8 Å². The van der Waals surface area contributed by atoms with E-state index in [1.807, 2.05) is 24.3 Å². The maximum atomic E-state index is 11.9. The van der Waals surface area contributed by atoms with Crippen LogP contribution in [0.25, 0.3) is 0 Å². The lowest BCUT2D eigenvalue weighted by Crippen LogP contribution is -2.44. The molecule has 0 aliphatic rings. The summed E-state index contributed by atoms with van der Waals surface area (Å²) in [6.07, 6.45) is -4.80. The minimum atomic E-state index is -4.80. The van der Waals surface area contributed by atoms with Crippen molar-refractivity contribution in [2.45, 2.75) is 20.0 Å². The van der Waals surface area contributed by atoms with Crippen molar-refractivity contribution < 1.29 is 18.0 Å². The molecule has 0 saturated heterocycles. The maximum absolute atomic E-state index is 11.9. The third-order valence-electron chi connectivity index (χ3n) is 1.73. The Bertz CT molecular complexity index is 224. The predicted octanol–water partition coefficient (Wildman–Crippen LogP) is 1.25. The Morgan fingerprint density at radius 2 is 1.73 bits per heavy atom. The number of hydrogen-bond donors (Lipinski definition) is 1. The SMILES string of the molecule is CN(C)CC(C)(C)CNC(=O)C(F)(F)F. The summed E-state index contributed by atoms with van der Waals surface area (Å²) < 4.78 is 35.6. The standard InChI is InChI=1S/C9H17F3N2O/c1-8(2,6-14(3)4)5-13-7(15)9(10,11)12/h5-6H2,1-4H3,(H,13,15). The zero-order valence-corrected chi connectivity index (χ0v) is 9.40. The number of nitrogens with zero attached hydrogens (tertiary/aromatic N) is 1. The molecule has 1 amide bonds. The molecule has 0 aliphatic heterocycles. The first-order valence-corrected chi connectivity index (χ1v) is 4.54. The summed E-state index contributed by atoms with van der Waals surface area (Å²) >= 11 is 0. The van der Waals surface area contributed by atoms with Crippen molar-refractivity contribution in [2.75, 3.05) is 27.2 Å². The van der Waals surface area contributed by atoms with Gasteiger partial charge in [0.1, 0.15) is 0 Å². The molecule has 1 N–H and O–H groups in total. The Morgan fingerprint density at radius 3 is 2.07 bits per heavy atom. The third kappa shape index (κ3) is 6.33. The summed E-state index contributed by atoms with van der Waals surface area (Å²) in [6.45, 7) is 4.20. The number of rotatable bonds is 4. The fourth-order valence-electron chi connectivity index (χ4n) is 1.33. The van der Waals surface area contributed by atoms with Crippen molar-refractivity contribution in [1.29, 1.82) is 0 Å². The highest BCUT2D eigenvalue weighted by Gasteiger charge is 2.39. The van der Waals surface area contributed by atoms with Crippen LogP contribution in [0.3, 0.4) is 0 Å². The van der Waals surface area contributed by atoms with Gasteiger partial charge in [0, 0.05) is 13.1 Å². The Balaban J connectivity index is 4.10. The molecule has 0 aromatic rings. The number of nitrogens with one attached hydrogen (secondary N) is 1. The van der Waals surface area contributed by atoms with Crippen LogP contribution < -0.4 is 5.32 Å². The Kier molecular flexibility index (Phi) is 4.58. The Labute approximate surface area is 87.6 Å². The van der Waals surface area contributed by atoms with Crippen LogP contribution in [0.15, 0.2) is 0 Å². The second-order valence-corrected chi connectivity index (χ2v) is 4.58. The molecule has 0 aromatic heterocycles. The highest BCUT2D eigenvalue weighted by molar-refractivity contribution is 5.81. The van der Waals surface area contributed by atoms with E-state index in [1.54, 1.807) is 13.8 Å². The van der Waals surface area contributed by atoms with Gasteiger partial charge in [-0.2, -0.15) is 13.2 Å². The molecule has 0 aliphatic carbocycles. The summed E-state index contributed by atoms with van der Waals surface area (Å²) in [5, 5.41) is 1.88. The van der Waals surface area contributed by atoms with Gasteiger partial charge in [-0.05, 0) is 19.5 Å². The van der Waals surface area contributed by atoms with E-state index in [0.29, 0.717) is 6.54 Å². The molecule has 0 unspecified atom stereocenters. The second kappa shape index (κ2) is 4.83. The normalized spacial score (nSPS) is 13.1. The highest BCUT2D eigenvalue weighted by atomic mass is 19.4. The number of amides is 1. The van der Waals surface area contributed by atoms with Gasteiger partial charge >= 0.3 is 12.1 Å². The Hall–Kier alpha value is -0.780. The zero-order valence-electron chi connectivity index (χ0n) is 9.40. The van der Waals surface area contributed by atoms with E-state index in [4.69, 9.17) is 0 Å². The first kappa shape index (κ1) is 14.2. The third-order valence-corrected chi connectivity index (χ3v) is 1.73. The molecule has 90 valence electrons. The van der Waals surface area contributed by atoms with Crippen LogP contribution in [-0.4, -0.2) is 44.2 Å². The molecular weight excluding hydrogens is 209 g/mol. The second-order valence-electron chi connectivity index (χ2n) is 4.58. The number of alkyl halides is 3. The first-order valence-electron chi connectivity index (χ1n) is 4.54.